The number of aryl methyl sites for hydroxylation is 1. The third-order valence-corrected chi connectivity index (χ3v) is 4.42. The molecule has 3 rings (SSSR count). The molecule has 0 saturated carbocycles. The van der Waals surface area contributed by atoms with E-state index in [4.69, 9.17) is 0 Å². The molecule has 0 radical (unpaired) electrons. The first kappa shape index (κ1) is 14.8. The second-order valence-electron chi connectivity index (χ2n) is 5.94. The molecule has 22 heavy (non-hydrogen) atoms. The van der Waals surface area contributed by atoms with Gasteiger partial charge in [0.2, 0.25) is 5.91 Å². The van der Waals surface area contributed by atoms with Gasteiger partial charge < -0.3 is 4.90 Å². The lowest BCUT2D eigenvalue weighted by molar-refractivity contribution is -0.134. The van der Waals surface area contributed by atoms with E-state index in [2.05, 4.69) is 11.9 Å². The van der Waals surface area contributed by atoms with Crippen LogP contribution in [0.3, 0.4) is 0 Å². The maximum Gasteiger partial charge on any atom is 0.261 e. The van der Waals surface area contributed by atoms with Gasteiger partial charge >= 0.3 is 0 Å². The van der Waals surface area contributed by atoms with Crippen molar-refractivity contribution in [3.63, 3.8) is 0 Å². The zero-order valence-electron chi connectivity index (χ0n) is 12.9. The molecule has 1 fully saturated rings. The summed E-state index contributed by atoms with van der Waals surface area (Å²) in [5.74, 6) is 0.132. The van der Waals surface area contributed by atoms with Crippen molar-refractivity contribution in [3.05, 3.63) is 40.9 Å². The molecule has 1 atom stereocenters. The topological polar surface area (TPSA) is 55.2 Å². The number of amides is 1. The Labute approximate surface area is 129 Å². The number of hydrogen-bond donors (Lipinski definition) is 0. The van der Waals surface area contributed by atoms with Crippen molar-refractivity contribution >= 4 is 16.8 Å². The smallest absolute Gasteiger partial charge is 0.261 e. The zero-order chi connectivity index (χ0) is 15.5. The predicted octanol–water partition coefficient (Wildman–Crippen LogP) is 2.19. The molecule has 0 bridgehead atoms. The average Bonchev–Trinajstić information content (AvgIpc) is 2.55. The Morgan fingerprint density at radius 3 is 2.95 bits per heavy atom. The van der Waals surface area contributed by atoms with Crippen LogP contribution in [0.15, 0.2) is 35.4 Å². The molecular weight excluding hydrogens is 278 g/mol. The van der Waals surface area contributed by atoms with Gasteiger partial charge in [0.15, 0.2) is 0 Å². The maximum absolute atomic E-state index is 12.4. The van der Waals surface area contributed by atoms with Crippen molar-refractivity contribution in [2.24, 2.45) is 0 Å². The SMILES string of the molecule is C[C@@H]1CCCCN1C(=O)CCn1cnc2ccccc2c1=O. The van der Waals surface area contributed by atoms with Crippen LogP contribution < -0.4 is 5.56 Å². The Bertz CT molecular complexity index is 738. The Kier molecular flexibility index (Phi) is 4.22. The predicted molar refractivity (Wildman–Crippen MR) is 85.6 cm³/mol. The van der Waals surface area contributed by atoms with Crippen molar-refractivity contribution in [3.8, 4) is 0 Å². The molecule has 1 aromatic heterocycles. The number of hydrogen-bond acceptors (Lipinski definition) is 3. The van der Waals surface area contributed by atoms with E-state index in [1.54, 1.807) is 6.07 Å². The number of para-hydroxylation sites is 1. The number of piperidine rings is 1. The summed E-state index contributed by atoms with van der Waals surface area (Å²) in [6.07, 6.45) is 5.23. The standard InChI is InChI=1S/C17H21N3O2/c1-13-6-4-5-10-20(13)16(21)9-11-19-12-18-15-8-3-2-7-14(15)17(19)22/h2-3,7-8,12-13H,4-6,9-11H2,1H3/t13-/m1/s1. The van der Waals surface area contributed by atoms with E-state index < -0.39 is 0 Å². The number of aromatic nitrogens is 2. The molecule has 1 saturated heterocycles. The summed E-state index contributed by atoms with van der Waals surface area (Å²) in [4.78, 5) is 31.0. The fourth-order valence-electron chi connectivity index (χ4n) is 3.09. The van der Waals surface area contributed by atoms with Gasteiger partial charge in [-0.1, -0.05) is 12.1 Å². The molecule has 1 aliphatic rings. The fraction of sp³-hybridized carbons (Fsp3) is 0.471. The molecule has 5 heteroatoms. The van der Waals surface area contributed by atoms with Gasteiger partial charge in [0.25, 0.3) is 5.56 Å². The fourth-order valence-corrected chi connectivity index (χ4v) is 3.09. The normalized spacial score (nSPS) is 18.6. The average molecular weight is 299 g/mol. The van der Waals surface area contributed by atoms with Crippen LogP contribution in [-0.4, -0.2) is 32.9 Å². The molecule has 116 valence electrons. The van der Waals surface area contributed by atoms with E-state index in [1.165, 1.54) is 17.3 Å². The van der Waals surface area contributed by atoms with Crippen molar-refractivity contribution in [1.82, 2.24) is 14.5 Å². The van der Waals surface area contributed by atoms with Crippen LogP contribution in [0, 0.1) is 0 Å². The quantitative estimate of drug-likeness (QED) is 0.873. The molecule has 2 aromatic rings. The third kappa shape index (κ3) is 2.89. The minimum Gasteiger partial charge on any atom is -0.340 e. The summed E-state index contributed by atoms with van der Waals surface area (Å²) in [5, 5.41) is 0.601. The molecular formula is C17H21N3O2. The largest absolute Gasteiger partial charge is 0.340 e. The Morgan fingerprint density at radius 2 is 2.14 bits per heavy atom. The molecule has 1 amide bonds. The monoisotopic (exact) mass is 299 g/mol. The van der Waals surface area contributed by atoms with E-state index in [9.17, 15) is 9.59 Å². The van der Waals surface area contributed by atoms with E-state index in [1.807, 2.05) is 23.1 Å². The summed E-state index contributed by atoms with van der Waals surface area (Å²) in [5.41, 5.74) is 0.616. The van der Waals surface area contributed by atoms with Crippen LogP contribution in [0.5, 0.6) is 0 Å². The van der Waals surface area contributed by atoms with Crippen molar-refractivity contribution < 1.29 is 4.79 Å². The maximum atomic E-state index is 12.4. The molecule has 0 unspecified atom stereocenters. The molecule has 0 aliphatic carbocycles. The number of carbonyl (C=O) groups excluding carboxylic acids is 1. The second-order valence-corrected chi connectivity index (χ2v) is 5.94. The minimum absolute atomic E-state index is 0.0786. The first-order chi connectivity index (χ1) is 10.7. The number of fused-ring (bicyclic) bond motifs is 1. The molecule has 0 spiro atoms. The number of rotatable bonds is 3. The van der Waals surface area contributed by atoms with Gasteiger partial charge in [-0.2, -0.15) is 0 Å². The van der Waals surface area contributed by atoms with Crippen LogP contribution in [-0.2, 0) is 11.3 Å². The Hall–Kier alpha value is -2.17. The van der Waals surface area contributed by atoms with Crippen LogP contribution in [0.25, 0.3) is 10.9 Å². The highest BCUT2D eigenvalue weighted by atomic mass is 16.2. The minimum atomic E-state index is -0.0786. The molecule has 2 heterocycles. The first-order valence-electron chi connectivity index (χ1n) is 7.90. The second kappa shape index (κ2) is 6.30. The molecule has 1 aliphatic heterocycles. The summed E-state index contributed by atoms with van der Waals surface area (Å²) >= 11 is 0. The van der Waals surface area contributed by atoms with Crippen LogP contribution in [0.1, 0.15) is 32.6 Å². The van der Waals surface area contributed by atoms with Crippen molar-refractivity contribution in [2.75, 3.05) is 6.54 Å². The van der Waals surface area contributed by atoms with Gasteiger partial charge in [-0.3, -0.25) is 14.2 Å². The van der Waals surface area contributed by atoms with Crippen molar-refractivity contribution in [1.29, 1.82) is 0 Å². The third-order valence-electron chi connectivity index (χ3n) is 4.42. The lowest BCUT2D eigenvalue weighted by Gasteiger charge is -2.33. The molecule has 5 nitrogen and oxygen atoms in total. The van der Waals surface area contributed by atoms with E-state index >= 15 is 0 Å². The Morgan fingerprint density at radius 1 is 1.32 bits per heavy atom. The number of nitrogens with zero attached hydrogens (tertiary/aromatic N) is 3. The molecule has 1 aromatic carbocycles. The summed E-state index contributed by atoms with van der Waals surface area (Å²) in [6, 6.07) is 7.60. The summed E-state index contributed by atoms with van der Waals surface area (Å²) in [6.45, 7) is 3.32. The van der Waals surface area contributed by atoms with Gasteiger partial charge in [0, 0.05) is 25.6 Å². The number of likely N-dealkylation sites (tertiary alicyclic amines) is 1. The van der Waals surface area contributed by atoms with Gasteiger partial charge in [-0.05, 0) is 38.3 Å². The summed E-state index contributed by atoms with van der Waals surface area (Å²) in [7, 11) is 0. The lowest BCUT2D eigenvalue weighted by Crippen LogP contribution is -2.42. The van der Waals surface area contributed by atoms with E-state index in [-0.39, 0.29) is 11.5 Å². The highest BCUT2D eigenvalue weighted by Gasteiger charge is 2.22. The van der Waals surface area contributed by atoms with Crippen LogP contribution >= 0.6 is 0 Å². The van der Waals surface area contributed by atoms with Gasteiger partial charge in [-0.15, -0.1) is 0 Å². The van der Waals surface area contributed by atoms with Gasteiger partial charge in [0.1, 0.15) is 0 Å². The highest BCUT2D eigenvalue weighted by Crippen LogP contribution is 2.17. The van der Waals surface area contributed by atoms with E-state index in [0.717, 1.165) is 19.4 Å². The molecule has 0 N–H and O–H groups in total. The highest BCUT2D eigenvalue weighted by molar-refractivity contribution is 5.77. The first-order valence-corrected chi connectivity index (χ1v) is 7.90. The van der Waals surface area contributed by atoms with E-state index in [0.29, 0.717) is 29.9 Å². The van der Waals surface area contributed by atoms with Gasteiger partial charge in [0.05, 0.1) is 17.2 Å². The van der Waals surface area contributed by atoms with Gasteiger partial charge in [-0.25, -0.2) is 4.98 Å². The van der Waals surface area contributed by atoms with Crippen molar-refractivity contribution in [2.45, 2.75) is 45.2 Å². The zero-order valence-corrected chi connectivity index (χ0v) is 12.9. The lowest BCUT2D eigenvalue weighted by atomic mass is 10.0. The Balaban J connectivity index is 1.72. The van der Waals surface area contributed by atoms with Crippen LogP contribution in [0.2, 0.25) is 0 Å². The number of benzene rings is 1. The summed E-state index contributed by atoms with van der Waals surface area (Å²) < 4.78 is 1.54. The number of carbonyl (C=O) groups is 1. The van der Waals surface area contributed by atoms with Crippen LogP contribution in [0.4, 0.5) is 0 Å².